The van der Waals surface area contributed by atoms with Gasteiger partial charge in [0.25, 0.3) is 0 Å². The first-order chi connectivity index (χ1) is 16.5. The Labute approximate surface area is 200 Å². The summed E-state index contributed by atoms with van der Waals surface area (Å²) < 4.78 is 0. The molecule has 1 fully saturated rings. The number of nitrogens with zero attached hydrogens (tertiary/aromatic N) is 1. The minimum absolute atomic E-state index is 0.468. The van der Waals surface area contributed by atoms with Crippen LogP contribution in [0.3, 0.4) is 0 Å². The summed E-state index contributed by atoms with van der Waals surface area (Å²) in [4.78, 5) is 14.2. The second-order valence-electron chi connectivity index (χ2n) is 8.35. The molecule has 0 atom stereocenters. The first-order valence-electron chi connectivity index (χ1n) is 11.6. The average molecular weight is 461 g/mol. The van der Waals surface area contributed by atoms with Crippen LogP contribution in [0.1, 0.15) is 49.3 Å². The lowest BCUT2D eigenvalue weighted by Crippen LogP contribution is -2.25. The van der Waals surface area contributed by atoms with Crippen molar-refractivity contribution in [3.05, 3.63) is 95.6 Å². The topological polar surface area (TPSA) is 91.2 Å². The monoisotopic (exact) mass is 460 g/mol. The number of rotatable bonds is 8. The van der Waals surface area contributed by atoms with Crippen molar-refractivity contribution < 1.29 is 19.8 Å². The second kappa shape index (κ2) is 13.2. The van der Waals surface area contributed by atoms with E-state index in [1.807, 2.05) is 13.0 Å². The van der Waals surface area contributed by atoms with Crippen LogP contribution in [0.4, 0.5) is 4.79 Å². The molecule has 0 aromatic heterocycles. The third kappa shape index (κ3) is 8.37. The largest absolute Gasteiger partial charge is 0.503 e. The number of hydrogen-bond acceptors (Lipinski definition) is 4. The van der Waals surface area contributed by atoms with E-state index in [0.29, 0.717) is 12.6 Å². The van der Waals surface area contributed by atoms with E-state index < -0.39 is 6.16 Å². The Morgan fingerprint density at radius 2 is 1.44 bits per heavy atom. The Kier molecular flexibility index (Phi) is 9.67. The highest BCUT2D eigenvalue weighted by Crippen LogP contribution is 2.20. The van der Waals surface area contributed by atoms with Crippen molar-refractivity contribution in [3.8, 4) is 11.1 Å². The van der Waals surface area contributed by atoms with Crippen LogP contribution in [0.5, 0.6) is 0 Å². The molecule has 3 aromatic rings. The van der Waals surface area contributed by atoms with E-state index in [4.69, 9.17) is 19.8 Å². The van der Waals surface area contributed by atoms with Crippen molar-refractivity contribution in [2.45, 2.75) is 51.8 Å². The number of carboxylic acid groups (broad SMARTS) is 2. The summed E-state index contributed by atoms with van der Waals surface area (Å²) >= 11 is 0. The fourth-order valence-electron chi connectivity index (χ4n) is 3.94. The third-order valence-electron chi connectivity index (χ3n) is 5.82. The molecule has 178 valence electrons. The van der Waals surface area contributed by atoms with Gasteiger partial charge in [-0.15, -0.1) is 0 Å². The molecule has 0 unspecified atom stereocenters. The van der Waals surface area contributed by atoms with E-state index in [2.05, 4.69) is 83.3 Å². The van der Waals surface area contributed by atoms with E-state index in [1.54, 1.807) is 0 Å². The van der Waals surface area contributed by atoms with Gasteiger partial charge in [-0.25, -0.2) is 4.79 Å². The zero-order chi connectivity index (χ0) is 24.2. The number of benzene rings is 3. The molecule has 1 aliphatic carbocycles. The first-order valence-corrected chi connectivity index (χ1v) is 11.6. The van der Waals surface area contributed by atoms with Gasteiger partial charge in [-0.3, -0.25) is 0 Å². The van der Waals surface area contributed by atoms with Crippen LogP contribution in [-0.4, -0.2) is 28.1 Å². The van der Waals surface area contributed by atoms with Gasteiger partial charge in [0.15, 0.2) is 0 Å². The van der Waals surface area contributed by atoms with Gasteiger partial charge in [0, 0.05) is 12.6 Å². The number of carbonyl (C=O) groups is 1. The highest BCUT2D eigenvalue weighted by molar-refractivity contribution is 5.98. The maximum absolute atomic E-state index is 8.56. The molecule has 3 N–H and O–H groups in total. The van der Waals surface area contributed by atoms with Crippen molar-refractivity contribution in [1.29, 1.82) is 0 Å². The molecule has 3 aromatic carbocycles. The summed E-state index contributed by atoms with van der Waals surface area (Å²) in [7, 11) is 0. The van der Waals surface area contributed by atoms with Crippen LogP contribution in [0, 0.1) is 0 Å². The molecule has 0 amide bonds. The summed E-state index contributed by atoms with van der Waals surface area (Å²) in [5.74, 6) is 0. The molecule has 0 bridgehead atoms. The lowest BCUT2D eigenvalue weighted by atomic mass is 10.0. The molecule has 34 heavy (non-hydrogen) atoms. The lowest BCUT2D eigenvalue weighted by Gasteiger charge is -2.12. The fraction of sp³-hybridized carbons (Fsp3) is 0.286. The third-order valence-corrected chi connectivity index (χ3v) is 5.82. The van der Waals surface area contributed by atoms with Gasteiger partial charge in [0.1, 0.15) is 6.61 Å². The van der Waals surface area contributed by atoms with E-state index in [9.17, 15) is 0 Å². The maximum atomic E-state index is 8.56. The summed E-state index contributed by atoms with van der Waals surface area (Å²) in [6, 6.07) is 28.2. The number of hydrogen-bond donors (Lipinski definition) is 3. The van der Waals surface area contributed by atoms with Gasteiger partial charge >= 0.3 is 6.16 Å². The standard InChI is InChI=1S/C27H30N2O.CH2O3/c1-21(24-15-11-22(12-16-24)19-28-27-9-5-6-10-27)29-30-20-23-13-17-26(18-14-23)25-7-3-2-4-8-25;2-1(3)4/h2-4,7-8,11-18,27-28H,5-6,9-10,19-20H2,1H3;(H2,2,3,4). The van der Waals surface area contributed by atoms with Crippen LogP contribution in [0.25, 0.3) is 11.1 Å². The highest BCUT2D eigenvalue weighted by Gasteiger charge is 2.13. The van der Waals surface area contributed by atoms with Crippen molar-refractivity contribution in [1.82, 2.24) is 5.32 Å². The van der Waals surface area contributed by atoms with Gasteiger partial charge in [0.2, 0.25) is 0 Å². The quantitative estimate of drug-likeness (QED) is 0.262. The van der Waals surface area contributed by atoms with Crippen molar-refractivity contribution in [2.75, 3.05) is 0 Å². The van der Waals surface area contributed by atoms with Crippen LogP contribution < -0.4 is 5.32 Å². The van der Waals surface area contributed by atoms with Crippen molar-refractivity contribution in [3.63, 3.8) is 0 Å². The molecule has 4 rings (SSSR count). The SMILES string of the molecule is CC(=NOCc1ccc(-c2ccccc2)cc1)c1ccc(CNC2CCCC2)cc1.O=C(O)O. The Morgan fingerprint density at radius 1 is 0.882 bits per heavy atom. The normalized spacial score (nSPS) is 13.7. The summed E-state index contributed by atoms with van der Waals surface area (Å²) in [5.41, 5.74) is 6.85. The summed E-state index contributed by atoms with van der Waals surface area (Å²) in [6.45, 7) is 3.40. The van der Waals surface area contributed by atoms with Crippen LogP contribution in [0.15, 0.2) is 84.0 Å². The van der Waals surface area contributed by atoms with Crippen LogP contribution in [-0.2, 0) is 18.0 Å². The molecule has 0 aliphatic heterocycles. The molecular formula is C28H32N2O4. The highest BCUT2D eigenvalue weighted by atomic mass is 16.6. The van der Waals surface area contributed by atoms with Crippen LogP contribution in [0.2, 0.25) is 0 Å². The molecule has 0 spiro atoms. The zero-order valence-corrected chi connectivity index (χ0v) is 19.5. The van der Waals surface area contributed by atoms with Gasteiger partial charge in [-0.05, 0) is 47.6 Å². The van der Waals surface area contributed by atoms with Gasteiger partial charge in [-0.1, -0.05) is 96.9 Å². The van der Waals surface area contributed by atoms with Crippen molar-refractivity contribution >= 4 is 11.9 Å². The second-order valence-corrected chi connectivity index (χ2v) is 8.35. The van der Waals surface area contributed by atoms with Crippen LogP contribution >= 0.6 is 0 Å². The average Bonchev–Trinajstić information content (AvgIpc) is 3.37. The molecule has 0 heterocycles. The Morgan fingerprint density at radius 3 is 2.06 bits per heavy atom. The van der Waals surface area contributed by atoms with Gasteiger partial charge < -0.3 is 20.4 Å². The van der Waals surface area contributed by atoms with Gasteiger partial charge in [0.05, 0.1) is 5.71 Å². The molecule has 0 radical (unpaired) electrons. The summed E-state index contributed by atoms with van der Waals surface area (Å²) in [5, 5.41) is 21.9. The Balaban J connectivity index is 0.000000751. The molecule has 6 nitrogen and oxygen atoms in total. The molecule has 1 aliphatic rings. The van der Waals surface area contributed by atoms with E-state index in [0.717, 1.165) is 23.4 Å². The zero-order valence-electron chi connectivity index (χ0n) is 19.5. The molecule has 6 heteroatoms. The lowest BCUT2D eigenvalue weighted by molar-refractivity contribution is 0.130. The number of nitrogens with one attached hydrogen (secondary N) is 1. The minimum Gasteiger partial charge on any atom is -0.450 e. The molecule has 0 saturated heterocycles. The molecular weight excluding hydrogens is 428 g/mol. The smallest absolute Gasteiger partial charge is 0.450 e. The predicted octanol–water partition coefficient (Wildman–Crippen LogP) is 6.55. The maximum Gasteiger partial charge on any atom is 0.503 e. The minimum atomic E-state index is -1.83. The number of oxime groups is 1. The summed E-state index contributed by atoms with van der Waals surface area (Å²) in [6.07, 6.45) is 3.53. The fourth-order valence-corrected chi connectivity index (χ4v) is 3.94. The molecule has 1 saturated carbocycles. The van der Waals surface area contributed by atoms with E-state index >= 15 is 0 Å². The van der Waals surface area contributed by atoms with E-state index in [1.165, 1.54) is 42.4 Å². The predicted molar refractivity (Wildman–Crippen MR) is 135 cm³/mol. The van der Waals surface area contributed by atoms with E-state index in [-0.39, 0.29) is 0 Å². The van der Waals surface area contributed by atoms with Crippen molar-refractivity contribution in [2.24, 2.45) is 5.16 Å². The first kappa shape index (κ1) is 25.0. The Hall–Kier alpha value is -3.64. The Bertz CT molecular complexity index is 1040. The van der Waals surface area contributed by atoms with Gasteiger partial charge in [-0.2, -0.15) is 0 Å².